The molecule has 0 amide bonds. The van der Waals surface area contributed by atoms with Gasteiger partial charge in [0, 0.05) is 28.9 Å². The molecule has 0 spiro atoms. The van der Waals surface area contributed by atoms with Gasteiger partial charge in [0.1, 0.15) is 17.1 Å². The number of fused-ring (bicyclic) bond motifs is 1. The summed E-state index contributed by atoms with van der Waals surface area (Å²) >= 11 is 0. The zero-order valence-electron chi connectivity index (χ0n) is 11.4. The fourth-order valence-electron chi connectivity index (χ4n) is 2.19. The molecular formula is C16H16N2O2. The molecule has 4 nitrogen and oxygen atoms in total. The summed E-state index contributed by atoms with van der Waals surface area (Å²) in [5, 5.41) is 10.9. The Hall–Kier alpha value is -2.49. The van der Waals surface area contributed by atoms with Crippen LogP contribution in [0.25, 0.3) is 22.3 Å². The number of aromatic hydroxyl groups is 1. The molecule has 20 heavy (non-hydrogen) atoms. The SMILES string of the molecule is CC(C)Oc1cc(O)cc(-c2cc3cccnc3[nH]2)c1. The topological polar surface area (TPSA) is 58.1 Å². The van der Waals surface area contributed by atoms with Gasteiger partial charge in [0.25, 0.3) is 0 Å². The largest absolute Gasteiger partial charge is 0.508 e. The van der Waals surface area contributed by atoms with Gasteiger partial charge in [0.15, 0.2) is 0 Å². The van der Waals surface area contributed by atoms with Crippen LogP contribution in [0.4, 0.5) is 0 Å². The van der Waals surface area contributed by atoms with Crippen LogP contribution in [0.3, 0.4) is 0 Å². The minimum Gasteiger partial charge on any atom is -0.508 e. The minimum atomic E-state index is 0.0639. The van der Waals surface area contributed by atoms with E-state index in [4.69, 9.17) is 4.74 Å². The van der Waals surface area contributed by atoms with Crippen molar-refractivity contribution in [2.75, 3.05) is 0 Å². The summed E-state index contributed by atoms with van der Waals surface area (Å²) in [7, 11) is 0. The van der Waals surface area contributed by atoms with Gasteiger partial charge in [-0.2, -0.15) is 0 Å². The third-order valence-corrected chi connectivity index (χ3v) is 2.97. The normalized spacial score (nSPS) is 11.2. The number of H-pyrrole nitrogens is 1. The van der Waals surface area contributed by atoms with Gasteiger partial charge in [-0.1, -0.05) is 0 Å². The van der Waals surface area contributed by atoms with Crippen LogP contribution in [0, 0.1) is 0 Å². The number of hydrogen-bond acceptors (Lipinski definition) is 3. The van der Waals surface area contributed by atoms with Crippen molar-refractivity contribution in [2.24, 2.45) is 0 Å². The van der Waals surface area contributed by atoms with E-state index in [2.05, 4.69) is 9.97 Å². The molecule has 0 fully saturated rings. The average Bonchev–Trinajstić information content (AvgIpc) is 2.80. The first-order chi connectivity index (χ1) is 9.61. The molecule has 0 saturated carbocycles. The first kappa shape index (κ1) is 12.5. The maximum Gasteiger partial charge on any atom is 0.137 e. The number of ether oxygens (including phenoxy) is 1. The van der Waals surface area contributed by atoms with E-state index in [1.165, 1.54) is 0 Å². The van der Waals surface area contributed by atoms with E-state index >= 15 is 0 Å². The predicted octanol–water partition coefficient (Wildman–Crippen LogP) is 3.72. The van der Waals surface area contributed by atoms with Crippen molar-refractivity contribution < 1.29 is 9.84 Å². The predicted molar refractivity (Wildman–Crippen MR) is 79.0 cm³/mol. The highest BCUT2D eigenvalue weighted by Gasteiger charge is 2.08. The summed E-state index contributed by atoms with van der Waals surface area (Å²) in [5.41, 5.74) is 2.61. The van der Waals surface area contributed by atoms with Gasteiger partial charge in [-0.15, -0.1) is 0 Å². The highest BCUT2D eigenvalue weighted by Crippen LogP contribution is 2.30. The summed E-state index contributed by atoms with van der Waals surface area (Å²) in [6.45, 7) is 3.91. The molecule has 2 heterocycles. The first-order valence-electron chi connectivity index (χ1n) is 6.56. The molecule has 0 aliphatic rings. The number of nitrogens with one attached hydrogen (secondary N) is 1. The van der Waals surface area contributed by atoms with Crippen LogP contribution in [-0.4, -0.2) is 21.2 Å². The van der Waals surface area contributed by atoms with Crippen molar-refractivity contribution >= 4 is 11.0 Å². The number of nitrogens with zero attached hydrogens (tertiary/aromatic N) is 1. The number of benzene rings is 1. The number of aromatic amines is 1. The van der Waals surface area contributed by atoms with E-state index in [1.807, 2.05) is 38.1 Å². The molecule has 3 rings (SSSR count). The maximum atomic E-state index is 9.83. The van der Waals surface area contributed by atoms with Crippen LogP contribution in [0.2, 0.25) is 0 Å². The number of aromatic nitrogens is 2. The fraction of sp³-hybridized carbons (Fsp3) is 0.188. The smallest absolute Gasteiger partial charge is 0.137 e. The summed E-state index contributed by atoms with van der Waals surface area (Å²) in [5.74, 6) is 0.839. The summed E-state index contributed by atoms with van der Waals surface area (Å²) in [4.78, 5) is 7.51. The lowest BCUT2D eigenvalue weighted by atomic mass is 10.1. The number of phenolic OH excluding ortho intramolecular Hbond substituents is 1. The van der Waals surface area contributed by atoms with Gasteiger partial charge in [-0.25, -0.2) is 4.98 Å². The molecule has 0 saturated heterocycles. The molecule has 0 radical (unpaired) electrons. The molecule has 0 bridgehead atoms. The molecule has 4 heteroatoms. The molecule has 2 N–H and O–H groups in total. The van der Waals surface area contributed by atoms with Crippen LogP contribution in [-0.2, 0) is 0 Å². The zero-order chi connectivity index (χ0) is 14.1. The van der Waals surface area contributed by atoms with E-state index in [0.29, 0.717) is 5.75 Å². The Balaban J connectivity index is 2.06. The van der Waals surface area contributed by atoms with Gasteiger partial charge < -0.3 is 14.8 Å². The van der Waals surface area contributed by atoms with Gasteiger partial charge in [-0.05, 0) is 44.2 Å². The Kier molecular flexibility index (Phi) is 3.06. The molecule has 0 aliphatic heterocycles. The van der Waals surface area contributed by atoms with Crippen molar-refractivity contribution in [1.29, 1.82) is 0 Å². The second kappa shape index (κ2) is 4.89. The van der Waals surface area contributed by atoms with Gasteiger partial charge in [-0.3, -0.25) is 0 Å². The van der Waals surface area contributed by atoms with Crippen molar-refractivity contribution in [1.82, 2.24) is 9.97 Å². The number of phenols is 1. The Morgan fingerprint density at radius 3 is 2.80 bits per heavy atom. The second-order valence-electron chi connectivity index (χ2n) is 5.01. The van der Waals surface area contributed by atoms with Crippen LogP contribution in [0.1, 0.15) is 13.8 Å². The van der Waals surface area contributed by atoms with Crippen LogP contribution < -0.4 is 4.74 Å². The van der Waals surface area contributed by atoms with Crippen molar-refractivity contribution in [2.45, 2.75) is 20.0 Å². The minimum absolute atomic E-state index is 0.0639. The average molecular weight is 268 g/mol. The molecule has 0 atom stereocenters. The van der Waals surface area contributed by atoms with Crippen LogP contribution in [0.5, 0.6) is 11.5 Å². The lowest BCUT2D eigenvalue weighted by Crippen LogP contribution is -2.05. The molecule has 3 aromatic rings. The lowest BCUT2D eigenvalue weighted by Gasteiger charge is -2.11. The second-order valence-corrected chi connectivity index (χ2v) is 5.01. The van der Waals surface area contributed by atoms with E-state index in [9.17, 15) is 5.11 Å². The molecular weight excluding hydrogens is 252 g/mol. The van der Waals surface area contributed by atoms with E-state index in [-0.39, 0.29) is 11.9 Å². The standard InChI is InChI=1S/C16H16N2O2/c1-10(2)20-14-7-12(6-13(19)9-14)15-8-11-4-3-5-17-16(11)18-15/h3-10,19H,1-2H3,(H,17,18). The Bertz CT molecular complexity index is 714. The quantitative estimate of drug-likeness (QED) is 0.761. The Morgan fingerprint density at radius 2 is 2.05 bits per heavy atom. The third kappa shape index (κ3) is 2.45. The zero-order valence-corrected chi connectivity index (χ0v) is 11.4. The van der Waals surface area contributed by atoms with E-state index in [1.54, 1.807) is 18.3 Å². The summed E-state index contributed by atoms with van der Waals surface area (Å²) in [6, 6.07) is 11.1. The van der Waals surface area contributed by atoms with Gasteiger partial charge >= 0.3 is 0 Å². The summed E-state index contributed by atoms with van der Waals surface area (Å²) in [6.07, 6.45) is 1.81. The maximum absolute atomic E-state index is 9.83. The van der Waals surface area contributed by atoms with E-state index in [0.717, 1.165) is 22.3 Å². The third-order valence-electron chi connectivity index (χ3n) is 2.97. The van der Waals surface area contributed by atoms with Crippen LogP contribution >= 0.6 is 0 Å². The number of rotatable bonds is 3. The highest BCUT2D eigenvalue weighted by molar-refractivity contribution is 5.83. The van der Waals surface area contributed by atoms with E-state index < -0.39 is 0 Å². The van der Waals surface area contributed by atoms with Crippen LogP contribution in [0.15, 0.2) is 42.6 Å². The molecule has 1 aromatic carbocycles. The molecule has 102 valence electrons. The molecule has 0 unspecified atom stereocenters. The van der Waals surface area contributed by atoms with Crippen molar-refractivity contribution in [3.05, 3.63) is 42.6 Å². The summed E-state index contributed by atoms with van der Waals surface area (Å²) < 4.78 is 5.64. The van der Waals surface area contributed by atoms with Crippen molar-refractivity contribution in [3.8, 4) is 22.8 Å². The monoisotopic (exact) mass is 268 g/mol. The highest BCUT2D eigenvalue weighted by atomic mass is 16.5. The van der Waals surface area contributed by atoms with Gasteiger partial charge in [0.2, 0.25) is 0 Å². The van der Waals surface area contributed by atoms with Gasteiger partial charge in [0.05, 0.1) is 6.10 Å². The Morgan fingerprint density at radius 1 is 1.20 bits per heavy atom. The number of pyridine rings is 1. The lowest BCUT2D eigenvalue weighted by molar-refractivity contribution is 0.241. The first-order valence-corrected chi connectivity index (χ1v) is 6.56. The molecule has 2 aromatic heterocycles. The Labute approximate surface area is 117 Å². The fourth-order valence-corrected chi connectivity index (χ4v) is 2.19. The molecule has 0 aliphatic carbocycles. The number of hydrogen-bond donors (Lipinski definition) is 2. The van der Waals surface area contributed by atoms with Crippen molar-refractivity contribution in [3.63, 3.8) is 0 Å².